The van der Waals surface area contributed by atoms with E-state index >= 15 is 0 Å². The number of rotatable bonds is 5. The summed E-state index contributed by atoms with van der Waals surface area (Å²) in [6.07, 6.45) is 1.15. The van der Waals surface area contributed by atoms with Gasteiger partial charge in [-0.25, -0.2) is 0 Å². The van der Waals surface area contributed by atoms with Crippen molar-refractivity contribution in [3.8, 4) is 0 Å². The minimum atomic E-state index is 0.496. The average Bonchev–Trinajstić information content (AvgIpc) is 2.25. The van der Waals surface area contributed by atoms with E-state index in [1.807, 2.05) is 6.07 Å². The van der Waals surface area contributed by atoms with E-state index in [1.165, 1.54) is 11.3 Å². The first-order valence-corrected chi connectivity index (χ1v) is 7.21. The highest BCUT2D eigenvalue weighted by atomic mass is 79.9. The third-order valence-electron chi connectivity index (χ3n) is 2.59. The van der Waals surface area contributed by atoms with E-state index in [0.29, 0.717) is 6.04 Å². The maximum absolute atomic E-state index is 6.08. The molecule has 0 amide bonds. The van der Waals surface area contributed by atoms with E-state index in [-0.39, 0.29) is 0 Å². The maximum Gasteiger partial charge on any atom is 0.0426 e. The normalized spacial score (nSPS) is 10.9. The third kappa shape index (κ3) is 3.39. The molecule has 0 saturated heterocycles. The summed E-state index contributed by atoms with van der Waals surface area (Å²) in [6.45, 7) is 7.70. The van der Waals surface area contributed by atoms with Gasteiger partial charge in [-0.2, -0.15) is 0 Å². The molecule has 1 aromatic rings. The number of benzene rings is 1. The molecule has 90 valence electrons. The Morgan fingerprint density at radius 2 is 2.06 bits per heavy atom. The summed E-state index contributed by atoms with van der Waals surface area (Å²) < 4.78 is 0. The molecule has 0 aliphatic heterocycles. The molecule has 0 radical (unpaired) electrons. The van der Waals surface area contributed by atoms with Gasteiger partial charge in [-0.05, 0) is 38.0 Å². The Kier molecular flexibility index (Phi) is 5.63. The van der Waals surface area contributed by atoms with E-state index in [4.69, 9.17) is 11.6 Å². The van der Waals surface area contributed by atoms with Gasteiger partial charge in [0.1, 0.15) is 0 Å². The third-order valence-corrected chi connectivity index (χ3v) is 3.43. The van der Waals surface area contributed by atoms with Crippen molar-refractivity contribution in [1.29, 1.82) is 0 Å². The van der Waals surface area contributed by atoms with Crippen LogP contribution in [-0.4, -0.2) is 12.6 Å². The van der Waals surface area contributed by atoms with Gasteiger partial charge < -0.3 is 4.90 Å². The first-order chi connectivity index (χ1) is 7.60. The molecule has 3 heteroatoms. The highest BCUT2D eigenvalue weighted by molar-refractivity contribution is 9.08. The molecule has 0 saturated carbocycles. The highest BCUT2D eigenvalue weighted by Gasteiger charge is 2.13. The van der Waals surface area contributed by atoms with Gasteiger partial charge in [0.25, 0.3) is 0 Å². The first-order valence-electron chi connectivity index (χ1n) is 5.71. The Morgan fingerprint density at radius 3 is 2.56 bits per heavy atom. The average molecular weight is 305 g/mol. The van der Waals surface area contributed by atoms with E-state index in [9.17, 15) is 0 Å². The summed E-state index contributed by atoms with van der Waals surface area (Å²) in [5.74, 6) is 0. The van der Waals surface area contributed by atoms with Crippen LogP contribution in [0, 0.1) is 0 Å². The monoisotopic (exact) mass is 303 g/mol. The van der Waals surface area contributed by atoms with Crippen molar-refractivity contribution in [2.75, 3.05) is 11.4 Å². The van der Waals surface area contributed by atoms with Crippen LogP contribution in [0.2, 0.25) is 5.02 Å². The number of halogens is 2. The molecular weight excluding hydrogens is 286 g/mol. The van der Waals surface area contributed by atoms with Crippen molar-refractivity contribution in [2.45, 2.75) is 38.6 Å². The Hall–Kier alpha value is -0.210. The first kappa shape index (κ1) is 13.9. The maximum atomic E-state index is 6.08. The SMILES string of the molecule is CCCN(c1cc(Cl)ccc1CBr)C(C)C. The van der Waals surface area contributed by atoms with Gasteiger partial charge in [-0.3, -0.25) is 0 Å². The molecule has 0 heterocycles. The number of alkyl halides is 1. The molecule has 0 fully saturated rings. The molecule has 0 aliphatic carbocycles. The summed E-state index contributed by atoms with van der Waals surface area (Å²) in [7, 11) is 0. The lowest BCUT2D eigenvalue weighted by atomic mass is 10.1. The second-order valence-electron chi connectivity index (χ2n) is 4.19. The van der Waals surface area contributed by atoms with Crippen LogP contribution in [0.25, 0.3) is 0 Å². The number of hydrogen-bond acceptors (Lipinski definition) is 1. The van der Waals surface area contributed by atoms with Crippen LogP contribution in [0.1, 0.15) is 32.8 Å². The van der Waals surface area contributed by atoms with E-state index < -0.39 is 0 Å². The van der Waals surface area contributed by atoms with Gasteiger partial charge >= 0.3 is 0 Å². The Morgan fingerprint density at radius 1 is 1.38 bits per heavy atom. The Balaban J connectivity index is 3.10. The lowest BCUT2D eigenvalue weighted by molar-refractivity contribution is 0.669. The van der Waals surface area contributed by atoms with Crippen LogP contribution in [-0.2, 0) is 5.33 Å². The van der Waals surface area contributed by atoms with Gasteiger partial charge in [-0.1, -0.05) is 40.5 Å². The van der Waals surface area contributed by atoms with Crippen molar-refractivity contribution >= 4 is 33.2 Å². The lowest BCUT2D eigenvalue weighted by Crippen LogP contribution is -2.32. The minimum absolute atomic E-state index is 0.496. The van der Waals surface area contributed by atoms with Gasteiger partial charge in [-0.15, -0.1) is 0 Å². The zero-order chi connectivity index (χ0) is 12.1. The van der Waals surface area contributed by atoms with E-state index in [1.54, 1.807) is 0 Å². The molecule has 0 N–H and O–H groups in total. The van der Waals surface area contributed by atoms with Crippen molar-refractivity contribution in [3.63, 3.8) is 0 Å². The fraction of sp³-hybridized carbons (Fsp3) is 0.538. The summed E-state index contributed by atoms with van der Waals surface area (Å²) in [5.41, 5.74) is 2.55. The van der Waals surface area contributed by atoms with Gasteiger partial charge in [0.05, 0.1) is 0 Å². The predicted octanol–water partition coefficient (Wildman–Crippen LogP) is 4.86. The largest absolute Gasteiger partial charge is 0.369 e. The summed E-state index contributed by atoms with van der Waals surface area (Å²) in [5, 5.41) is 1.67. The quantitative estimate of drug-likeness (QED) is 0.702. The molecule has 16 heavy (non-hydrogen) atoms. The summed E-state index contributed by atoms with van der Waals surface area (Å²) in [4.78, 5) is 2.41. The van der Waals surface area contributed by atoms with Crippen LogP contribution >= 0.6 is 27.5 Å². The van der Waals surface area contributed by atoms with Gasteiger partial charge in [0.15, 0.2) is 0 Å². The van der Waals surface area contributed by atoms with Crippen LogP contribution < -0.4 is 4.90 Å². The summed E-state index contributed by atoms with van der Waals surface area (Å²) >= 11 is 9.61. The fourth-order valence-electron chi connectivity index (χ4n) is 1.82. The van der Waals surface area contributed by atoms with Crippen LogP contribution in [0.3, 0.4) is 0 Å². The molecule has 1 aromatic carbocycles. The smallest absolute Gasteiger partial charge is 0.0426 e. The van der Waals surface area contributed by atoms with Crippen molar-refractivity contribution in [1.82, 2.24) is 0 Å². The molecule has 0 spiro atoms. The molecule has 1 rings (SSSR count). The van der Waals surface area contributed by atoms with Crippen molar-refractivity contribution in [2.24, 2.45) is 0 Å². The van der Waals surface area contributed by atoms with Crippen molar-refractivity contribution in [3.05, 3.63) is 28.8 Å². The Labute approximate surface area is 112 Å². The Bertz CT molecular complexity index is 339. The second-order valence-corrected chi connectivity index (χ2v) is 5.19. The minimum Gasteiger partial charge on any atom is -0.369 e. The molecular formula is C13H19BrClN. The molecule has 0 bridgehead atoms. The second kappa shape index (κ2) is 6.51. The van der Waals surface area contributed by atoms with Crippen LogP contribution in [0.4, 0.5) is 5.69 Å². The van der Waals surface area contributed by atoms with Crippen LogP contribution in [0.5, 0.6) is 0 Å². The predicted molar refractivity (Wildman–Crippen MR) is 76.9 cm³/mol. The molecule has 0 aliphatic rings. The molecule has 0 aromatic heterocycles. The van der Waals surface area contributed by atoms with E-state index in [2.05, 4.69) is 53.7 Å². The lowest BCUT2D eigenvalue weighted by Gasteiger charge is -2.30. The topological polar surface area (TPSA) is 3.24 Å². The standard InChI is InChI=1S/C13H19BrClN/c1-4-7-16(10(2)3)13-8-12(15)6-5-11(13)9-14/h5-6,8,10H,4,7,9H2,1-3H3. The number of anilines is 1. The summed E-state index contributed by atoms with van der Waals surface area (Å²) in [6, 6.07) is 6.60. The highest BCUT2D eigenvalue weighted by Crippen LogP contribution is 2.28. The fourth-order valence-corrected chi connectivity index (χ4v) is 2.46. The molecule has 0 atom stereocenters. The zero-order valence-electron chi connectivity index (χ0n) is 10.1. The van der Waals surface area contributed by atoms with Crippen molar-refractivity contribution < 1.29 is 0 Å². The molecule has 1 nitrogen and oxygen atoms in total. The van der Waals surface area contributed by atoms with Crippen LogP contribution in [0.15, 0.2) is 18.2 Å². The van der Waals surface area contributed by atoms with E-state index in [0.717, 1.165) is 23.3 Å². The molecule has 0 unspecified atom stereocenters. The number of nitrogens with zero attached hydrogens (tertiary/aromatic N) is 1. The van der Waals surface area contributed by atoms with Gasteiger partial charge in [0.2, 0.25) is 0 Å². The number of hydrogen-bond donors (Lipinski definition) is 0. The van der Waals surface area contributed by atoms with Gasteiger partial charge in [0, 0.05) is 28.6 Å². The zero-order valence-corrected chi connectivity index (χ0v) is 12.5.